The van der Waals surface area contributed by atoms with Crippen molar-refractivity contribution in [3.8, 4) is 17.6 Å². The molecule has 90 heavy (non-hydrogen) atoms. The number of hydroxylamine groups is 1. The van der Waals surface area contributed by atoms with Gasteiger partial charge in [0, 0.05) is 31.9 Å². The average molecular weight is 1670 g/mol. The molecule has 1 unspecified atom stereocenters. The van der Waals surface area contributed by atoms with Gasteiger partial charge in [0.25, 0.3) is 0 Å². The Hall–Kier alpha value is -4.53. The number of ether oxygens (including phenoxy) is 3. The summed E-state index contributed by atoms with van der Waals surface area (Å²) in [5.74, 6) is -0.345. The zero-order valence-electron chi connectivity index (χ0n) is 47.7. The first-order chi connectivity index (χ1) is 41.6. The molecule has 37 heteroatoms. The van der Waals surface area contributed by atoms with Crippen molar-refractivity contribution in [3.05, 3.63) is 168 Å². The van der Waals surface area contributed by atoms with Gasteiger partial charge in [0.2, 0.25) is 29.4 Å². The minimum atomic E-state index is -0.639. The zero-order chi connectivity index (χ0) is 66.6. The molecule has 479 valence electrons. The molecule has 7 rings (SSSR count). The summed E-state index contributed by atoms with van der Waals surface area (Å²) >= 11 is 52.4. The van der Waals surface area contributed by atoms with Crippen molar-refractivity contribution in [2.45, 2.75) is 34.2 Å². The predicted molar refractivity (Wildman–Crippen MR) is 363 cm³/mol. The molecule has 0 saturated carbocycles. The van der Waals surface area contributed by atoms with Crippen molar-refractivity contribution in [3.63, 3.8) is 0 Å². The van der Waals surface area contributed by atoms with E-state index in [2.05, 4.69) is 134 Å². The quantitative estimate of drug-likeness (QED) is 0.00961. The number of aromatic nitrogens is 3. The number of methoxy groups -OCH3 is 3. The van der Waals surface area contributed by atoms with Crippen LogP contribution in [0, 0.1) is 0 Å². The Bertz CT molecular complexity index is 3450. The Morgan fingerprint density at radius 2 is 1.09 bits per heavy atom. The summed E-state index contributed by atoms with van der Waals surface area (Å²) in [5.41, 5.74) is 17.1. The van der Waals surface area contributed by atoms with E-state index in [1.165, 1.54) is 33.3 Å². The number of Topliss-reactive ketones (excluding diaryl/α,β-unsaturated/α-hetero) is 2. The molecule has 6 N–H and O–H groups in total. The van der Waals surface area contributed by atoms with Crippen LogP contribution in [0.15, 0.2) is 120 Å². The van der Waals surface area contributed by atoms with Gasteiger partial charge >= 0.3 is 41.5 Å². The molecule has 1 aliphatic rings. The van der Waals surface area contributed by atoms with Gasteiger partial charge in [0.1, 0.15) is 29.7 Å². The van der Waals surface area contributed by atoms with Gasteiger partial charge in [-0.3, -0.25) is 24.2 Å². The summed E-state index contributed by atoms with van der Waals surface area (Å²) < 4.78 is 21.0. The molecule has 0 spiro atoms. The molecule has 1 aliphatic heterocycles. The molecular formula is C53H53BBr4Cl6N9NaO14PS. The number of rotatable bonds is 13. The molecule has 3 aromatic heterocycles. The average Bonchev–Trinajstić information content (AvgIpc) is 3.35. The molecule has 0 fully saturated rings. The van der Waals surface area contributed by atoms with E-state index in [4.69, 9.17) is 110 Å². The Morgan fingerprint density at radius 1 is 0.678 bits per heavy atom. The Morgan fingerprint density at radius 3 is 1.49 bits per heavy atom. The number of benzene rings is 3. The van der Waals surface area contributed by atoms with E-state index in [-0.39, 0.29) is 77.9 Å². The number of aliphatic imine (C=N–C) groups is 1. The minimum Gasteiger partial charge on any atom is -0.793 e. The summed E-state index contributed by atoms with van der Waals surface area (Å²) in [6, 6.07) is 24.9. The van der Waals surface area contributed by atoms with Gasteiger partial charge in [0.05, 0.1) is 70.2 Å². The van der Waals surface area contributed by atoms with Crippen LogP contribution in [-0.4, -0.2) is 122 Å². The number of pyridine rings is 3. The molecule has 4 heterocycles. The van der Waals surface area contributed by atoms with Crippen LogP contribution in [0.3, 0.4) is 0 Å². The van der Waals surface area contributed by atoms with Crippen LogP contribution in [0.1, 0.15) is 77.6 Å². The molecule has 0 amide bonds. The van der Waals surface area contributed by atoms with E-state index in [1.807, 2.05) is 24.9 Å². The summed E-state index contributed by atoms with van der Waals surface area (Å²) in [7, 11) is 9.85. The number of nitrogens with one attached hydrogen (secondary N) is 1. The van der Waals surface area contributed by atoms with Gasteiger partial charge in [-0.25, -0.2) is 39.8 Å². The third kappa shape index (κ3) is 33.4. The predicted octanol–water partition coefficient (Wildman–Crippen LogP) is 10.7. The van der Waals surface area contributed by atoms with Crippen molar-refractivity contribution in [2.75, 3.05) is 46.5 Å². The summed E-state index contributed by atoms with van der Waals surface area (Å²) in [6.45, 7) is 5.52. The maximum atomic E-state index is 12.0. The molecule has 0 bridgehead atoms. The third-order valence-corrected chi connectivity index (χ3v) is 13.9. The molecule has 23 nitrogen and oxygen atoms in total. The number of carbonyl (C=O) groups is 5. The van der Waals surface area contributed by atoms with Gasteiger partial charge in [0.15, 0.2) is 29.9 Å². The van der Waals surface area contributed by atoms with Gasteiger partial charge < -0.3 is 48.4 Å². The fourth-order valence-corrected chi connectivity index (χ4v) is 7.78. The smallest absolute Gasteiger partial charge is 0.793 e. The van der Waals surface area contributed by atoms with Gasteiger partial charge in [-0.1, -0.05) is 121 Å². The van der Waals surface area contributed by atoms with Crippen molar-refractivity contribution >= 4 is 208 Å². The first-order valence-electron chi connectivity index (χ1n) is 23.6. The summed E-state index contributed by atoms with van der Waals surface area (Å²) in [5, 5.41) is 17.7. The summed E-state index contributed by atoms with van der Waals surface area (Å²) in [4.78, 5) is 87.5. The van der Waals surface area contributed by atoms with Crippen LogP contribution in [0.25, 0.3) is 0 Å². The molecule has 3 aromatic carbocycles. The fraction of sp³-hybridized carbons (Fsp3) is 0.226. The van der Waals surface area contributed by atoms with E-state index >= 15 is 0 Å². The number of nitrogens with zero attached hydrogens (tertiary/aromatic N) is 6. The number of halogens is 10. The van der Waals surface area contributed by atoms with E-state index < -0.39 is 17.9 Å². The maximum Gasteiger partial charge on any atom is 1.00 e. The molecular weight excluding hydrogens is 1620 g/mol. The number of oxime groups is 2. The van der Waals surface area contributed by atoms with Crippen LogP contribution in [0.2, 0.25) is 30.1 Å². The Labute approximate surface area is 612 Å². The number of nitrogens with two attached hydrogens (primary N) is 2. The monoisotopic (exact) mass is 1660 g/mol. The molecule has 6 aromatic rings. The Balaban J connectivity index is 0. The second-order valence-electron chi connectivity index (χ2n) is 15.6. The van der Waals surface area contributed by atoms with Crippen LogP contribution in [0.5, 0.6) is 17.6 Å². The number of alkyl halides is 1. The van der Waals surface area contributed by atoms with Crippen molar-refractivity contribution in [2.24, 2.45) is 26.8 Å². The van der Waals surface area contributed by atoms with E-state index in [9.17, 15) is 24.0 Å². The normalized spacial score (nSPS) is 11.7. The van der Waals surface area contributed by atoms with Gasteiger partial charge in [-0.05, 0) is 152 Å². The van der Waals surface area contributed by atoms with Crippen molar-refractivity contribution in [1.29, 1.82) is 0 Å². The number of carbonyl (C=O) groups excluding carboxylic acids is 5. The number of ketones is 2. The molecule has 1 atom stereocenters. The first kappa shape index (κ1) is 87.5. The minimum absolute atomic E-state index is 0. The topological polar surface area (TPSA) is 319 Å². The van der Waals surface area contributed by atoms with Crippen molar-refractivity contribution < 1.29 is 97.1 Å². The molecule has 0 saturated heterocycles. The van der Waals surface area contributed by atoms with Crippen LogP contribution in [-0.2, 0) is 50.3 Å². The van der Waals surface area contributed by atoms with Crippen LogP contribution in [0.4, 0.5) is 0 Å². The molecule has 0 aliphatic carbocycles. The largest absolute Gasteiger partial charge is 1.00 e. The standard InChI is InChI=1S/C15H12BrCl2N3O3.C15H12BrCl2N3O2.C8H5BrCl2O.C7H8BrN3O2.C4H6O4.C2H3BO2.CH3PS.CH4.Na/c1-23-15-9(16)3-5-12(20-15)14(19)21-24-7-13(22)8-2-4-10(17)11(18)6-8;1-22-15-9(16)3-5-12(20-15)14-19-13(7-23-21-14)8-2-4-10(17)11(18)6-8;9-4-8(12)5-1-2-6(10)7(11)3-5;1-13-7-4(8)2-3-5(10-7)6(9)11-12;1-3(5)7-8-4(2)6;1-2(4)5-3;1-2-3;;/h2-6H,7H2,1H3,(H2,19,21);2-6,13H,7H2,1H3,(H,19,21);1-3H,4H2;2-3,12H,1H3,(H2,9,11);1-2H3;1H3;1H3;1H4;/q;;;;;-1;;;+1. The zero-order valence-corrected chi connectivity index (χ0v) is 62.3. The summed E-state index contributed by atoms with van der Waals surface area (Å²) in [6.07, 6.45) is 0. The van der Waals surface area contributed by atoms with Crippen molar-refractivity contribution in [1.82, 2.24) is 20.4 Å². The number of hydrogen-bond donors (Lipinski definition) is 4. The SMILES string of the molecule is C.CC(=O)OOC(C)=O.COc1nc(/C(N)=N/O)ccc1Br.COc1nc(/C(N)=N/OCC(=O)c2ccc(Cl)c(Cl)c2)ccc1Br.COc1nc(C2=NC(c3ccc(Cl)c(Cl)c3)CON2)ccc1Br.CP=S.O=C(CBr)c1ccc(Cl)c(Cl)c1.[B-]OC(C)=O.[Na+]. The van der Waals surface area contributed by atoms with E-state index in [0.29, 0.717) is 97.7 Å². The third-order valence-electron chi connectivity index (χ3n) is 9.33. The molecule has 3 radical (unpaired) electrons. The second-order valence-corrected chi connectivity index (χ2v) is 22.6. The maximum absolute atomic E-state index is 12.0. The Kier molecular flexibility index (Phi) is 46.9. The van der Waals surface area contributed by atoms with Crippen LogP contribution >= 0.6 is 141 Å². The van der Waals surface area contributed by atoms with Gasteiger partial charge in [-0.2, -0.15) is 0 Å². The second kappa shape index (κ2) is 48.2. The first-order valence-corrected chi connectivity index (χ1v) is 31.7. The number of amidine groups is 3. The van der Waals surface area contributed by atoms with Gasteiger partial charge in [-0.15, -0.1) is 0 Å². The van der Waals surface area contributed by atoms with E-state index in [1.54, 1.807) is 67.8 Å². The van der Waals surface area contributed by atoms with E-state index in [0.717, 1.165) is 31.2 Å². The number of hydrogen-bond acceptors (Lipinski definition) is 22. The van der Waals surface area contributed by atoms with Crippen LogP contribution < -0.4 is 60.7 Å². The fourth-order valence-electron chi connectivity index (χ4n) is 5.41.